The first-order valence-electron chi connectivity index (χ1n) is 14.8. The van der Waals surface area contributed by atoms with Crippen molar-refractivity contribution in [3.05, 3.63) is 59.8 Å². The Morgan fingerprint density at radius 3 is 2.54 bits per heavy atom. The van der Waals surface area contributed by atoms with E-state index in [1.54, 1.807) is 11.1 Å². The smallest absolute Gasteiger partial charge is 0.0420 e. The zero-order chi connectivity index (χ0) is 24.7. The number of rotatable bonds is 5. The molecule has 1 heteroatoms. The predicted molar refractivity (Wildman–Crippen MR) is 152 cm³/mol. The molecule has 5 unspecified atom stereocenters. The molecule has 0 aliphatic heterocycles. The topological polar surface area (TPSA) is 12.4 Å². The largest absolute Gasteiger partial charge is 0.289 e. The van der Waals surface area contributed by atoms with Gasteiger partial charge < -0.3 is 0 Å². The molecule has 0 N–H and O–H groups in total. The lowest BCUT2D eigenvalue weighted by Crippen LogP contribution is -2.56. The Kier molecular flexibility index (Phi) is 6.92. The number of aliphatic imine (C=N–C) groups is 1. The van der Waals surface area contributed by atoms with Crippen LogP contribution in [0, 0.1) is 34.0 Å². The molecule has 0 aromatic rings. The first-order valence-corrected chi connectivity index (χ1v) is 14.8. The fourth-order valence-corrected chi connectivity index (χ4v) is 9.48. The predicted octanol–water partition coefficient (Wildman–Crippen LogP) is 9.59. The van der Waals surface area contributed by atoms with Gasteiger partial charge in [-0.15, -0.1) is 0 Å². The molecule has 5 atom stereocenters. The quantitative estimate of drug-likeness (QED) is 0.354. The average Bonchev–Trinajstić information content (AvgIpc) is 3.22. The third kappa shape index (κ3) is 4.19. The van der Waals surface area contributed by atoms with Gasteiger partial charge in [0.2, 0.25) is 0 Å². The van der Waals surface area contributed by atoms with Crippen molar-refractivity contribution in [1.29, 1.82) is 0 Å². The summed E-state index contributed by atoms with van der Waals surface area (Å²) < 4.78 is 0. The number of allylic oxidation sites excluding steroid dienone is 9. The van der Waals surface area contributed by atoms with Gasteiger partial charge in [0, 0.05) is 12.3 Å². The molecule has 1 nitrogen and oxygen atoms in total. The second-order valence-corrected chi connectivity index (χ2v) is 13.2. The first kappa shape index (κ1) is 25.0. The molecule has 5 rings (SSSR count). The van der Waals surface area contributed by atoms with Gasteiger partial charge in [-0.25, -0.2) is 0 Å². The summed E-state index contributed by atoms with van der Waals surface area (Å²) in [6.45, 7) is 15.1. The fourth-order valence-electron chi connectivity index (χ4n) is 9.48. The van der Waals surface area contributed by atoms with Gasteiger partial charge in [-0.2, -0.15) is 0 Å². The lowest BCUT2D eigenvalue weighted by Gasteiger charge is -2.63. The van der Waals surface area contributed by atoms with Crippen LogP contribution >= 0.6 is 0 Å². The van der Waals surface area contributed by atoms with Crippen LogP contribution in [0.3, 0.4) is 0 Å². The number of nitrogens with zero attached hydrogens (tertiary/aromatic N) is 1. The monoisotopic (exact) mass is 471 g/mol. The second-order valence-electron chi connectivity index (χ2n) is 13.2. The summed E-state index contributed by atoms with van der Waals surface area (Å²) in [5.74, 6) is 2.41. The summed E-state index contributed by atoms with van der Waals surface area (Å²) in [4.78, 5) is 5.19. The maximum atomic E-state index is 5.19. The molecule has 3 fully saturated rings. The Morgan fingerprint density at radius 2 is 1.80 bits per heavy atom. The fraction of sp³-hybridized carbons (Fsp3) is 0.676. The molecule has 3 saturated carbocycles. The molecule has 0 aromatic heterocycles. The Hall–Kier alpha value is -1.63. The van der Waals surface area contributed by atoms with Gasteiger partial charge in [0.25, 0.3) is 0 Å². The third-order valence-corrected chi connectivity index (χ3v) is 11.5. The highest BCUT2D eigenvalue weighted by Gasteiger charge is 2.62. The zero-order valence-electron chi connectivity index (χ0n) is 23.0. The molecular formula is C34H49N. The molecule has 5 aliphatic rings. The van der Waals surface area contributed by atoms with E-state index in [0.717, 1.165) is 24.3 Å². The van der Waals surface area contributed by atoms with E-state index in [-0.39, 0.29) is 0 Å². The summed E-state index contributed by atoms with van der Waals surface area (Å²) in [6, 6.07) is 0. The molecule has 0 spiro atoms. The Balaban J connectivity index is 1.37. The lowest BCUT2D eigenvalue weighted by atomic mass is 9.41. The van der Waals surface area contributed by atoms with E-state index >= 15 is 0 Å². The Bertz CT molecular complexity index is 982. The summed E-state index contributed by atoms with van der Waals surface area (Å²) in [5, 5.41) is 0. The van der Waals surface area contributed by atoms with E-state index in [1.165, 1.54) is 88.3 Å². The number of hydrogen-bond acceptors (Lipinski definition) is 1. The molecule has 0 amide bonds. The maximum Gasteiger partial charge on any atom is 0.0420 e. The molecule has 0 bridgehead atoms. The van der Waals surface area contributed by atoms with Crippen LogP contribution in [0.5, 0.6) is 0 Å². The third-order valence-electron chi connectivity index (χ3n) is 11.5. The maximum absolute atomic E-state index is 5.19. The van der Waals surface area contributed by atoms with Crippen molar-refractivity contribution in [2.45, 2.75) is 105 Å². The van der Waals surface area contributed by atoms with Gasteiger partial charge in [-0.3, -0.25) is 4.99 Å². The molecule has 5 aliphatic carbocycles. The molecule has 0 radical (unpaired) electrons. The van der Waals surface area contributed by atoms with Crippen LogP contribution in [0.1, 0.15) is 105 Å². The van der Waals surface area contributed by atoms with Crippen LogP contribution < -0.4 is 0 Å². The van der Waals surface area contributed by atoms with Crippen molar-refractivity contribution >= 4 is 5.71 Å². The van der Waals surface area contributed by atoms with Crippen molar-refractivity contribution in [2.75, 3.05) is 6.54 Å². The van der Waals surface area contributed by atoms with Crippen molar-refractivity contribution < 1.29 is 0 Å². The average molecular weight is 472 g/mol. The number of fused-ring (bicyclic) bond motifs is 5. The number of hydrogen-bond donors (Lipinski definition) is 0. The van der Waals surface area contributed by atoms with Crippen LogP contribution in [0.4, 0.5) is 0 Å². The van der Waals surface area contributed by atoms with Gasteiger partial charge >= 0.3 is 0 Å². The van der Waals surface area contributed by atoms with Gasteiger partial charge in [0.1, 0.15) is 0 Å². The van der Waals surface area contributed by atoms with Crippen LogP contribution in [0.25, 0.3) is 0 Å². The Labute approximate surface area is 215 Å². The summed E-state index contributed by atoms with van der Waals surface area (Å²) in [5.41, 5.74) is 7.28. The highest BCUT2D eigenvalue weighted by Crippen LogP contribution is 2.71. The summed E-state index contributed by atoms with van der Waals surface area (Å²) in [7, 11) is 0. The summed E-state index contributed by atoms with van der Waals surface area (Å²) in [6.07, 6.45) is 30.0. The van der Waals surface area contributed by atoms with E-state index in [1.807, 2.05) is 6.08 Å². The minimum Gasteiger partial charge on any atom is -0.289 e. The Morgan fingerprint density at radius 1 is 1.00 bits per heavy atom. The van der Waals surface area contributed by atoms with Crippen molar-refractivity contribution in [2.24, 2.45) is 39.0 Å². The first-order chi connectivity index (χ1) is 16.8. The molecule has 35 heavy (non-hydrogen) atoms. The van der Waals surface area contributed by atoms with E-state index < -0.39 is 0 Å². The summed E-state index contributed by atoms with van der Waals surface area (Å²) >= 11 is 0. The molecule has 0 aromatic carbocycles. The molecule has 0 heterocycles. The minimum atomic E-state index is 0.303. The van der Waals surface area contributed by atoms with E-state index in [0.29, 0.717) is 16.2 Å². The van der Waals surface area contributed by atoms with E-state index in [4.69, 9.17) is 4.99 Å². The lowest BCUT2D eigenvalue weighted by molar-refractivity contribution is -0.0969. The van der Waals surface area contributed by atoms with Crippen molar-refractivity contribution in [1.82, 2.24) is 0 Å². The molecule has 190 valence electrons. The zero-order valence-corrected chi connectivity index (χ0v) is 23.0. The normalized spacial score (nSPS) is 41.3. The molecule has 0 saturated heterocycles. The standard InChI is InChI=1S/C34H49N/c1-6-8-14-26(7-2)29-15-16-30-33(29,4)22-19-31-32(3)21-18-28(23-27(32)17-20-34(30,31)5)35-24-25-12-10-9-11-13-25/h6-8,14-15,23,25,30-31H,1,9-13,16-22,24H2,2-5H3/b14-8-,26-7+,35-28+. The van der Waals surface area contributed by atoms with Crippen LogP contribution in [0.2, 0.25) is 0 Å². The van der Waals surface area contributed by atoms with Gasteiger partial charge in [0.05, 0.1) is 0 Å². The van der Waals surface area contributed by atoms with Crippen LogP contribution in [-0.2, 0) is 0 Å². The van der Waals surface area contributed by atoms with E-state index in [2.05, 4.69) is 64.7 Å². The minimum absolute atomic E-state index is 0.303. The SMILES string of the molecule is C=C/C=C\C(=C/C)C1=CCC2C1(C)CCC1C3(C)CC/C(=N\CC4CCCCC4)C=C3CCC12C. The van der Waals surface area contributed by atoms with Crippen LogP contribution in [-0.4, -0.2) is 12.3 Å². The van der Waals surface area contributed by atoms with Crippen molar-refractivity contribution in [3.63, 3.8) is 0 Å². The highest BCUT2D eigenvalue weighted by atomic mass is 14.8. The van der Waals surface area contributed by atoms with Crippen molar-refractivity contribution in [3.8, 4) is 0 Å². The second kappa shape index (κ2) is 9.68. The highest BCUT2D eigenvalue weighted by molar-refractivity contribution is 5.96. The van der Waals surface area contributed by atoms with Gasteiger partial charge in [-0.1, -0.05) is 82.6 Å². The van der Waals surface area contributed by atoms with Crippen LogP contribution in [0.15, 0.2) is 64.7 Å². The van der Waals surface area contributed by atoms with E-state index in [9.17, 15) is 0 Å². The van der Waals surface area contributed by atoms with Gasteiger partial charge in [0.15, 0.2) is 0 Å². The molecular weight excluding hydrogens is 422 g/mol. The van der Waals surface area contributed by atoms with Gasteiger partial charge in [-0.05, 0) is 116 Å².